The molecule has 0 aliphatic rings. The maximum atomic E-state index is 10.9. The van der Waals surface area contributed by atoms with E-state index in [4.69, 9.17) is 0 Å². The van der Waals surface area contributed by atoms with E-state index in [2.05, 4.69) is 0 Å². The highest BCUT2D eigenvalue weighted by Gasteiger charge is 2.07. The molecule has 0 atom stereocenters. The second-order valence-electron chi connectivity index (χ2n) is 2.19. The lowest BCUT2D eigenvalue weighted by Crippen LogP contribution is -1.92. The highest BCUT2D eigenvalue weighted by atomic mass is 127. The third kappa shape index (κ3) is 1.71. The molecule has 1 aromatic rings. The predicted molar refractivity (Wildman–Crippen MR) is 50.8 cm³/mol. The third-order valence-electron chi connectivity index (χ3n) is 1.37. The van der Waals surface area contributed by atoms with Gasteiger partial charge in [-0.15, -0.1) is 0 Å². The Hall–Kier alpha value is -0.580. The van der Waals surface area contributed by atoms with E-state index in [1.807, 2.05) is 22.6 Å². The summed E-state index contributed by atoms with van der Waals surface area (Å²) in [7, 11) is 0. The lowest BCUT2D eigenvalue weighted by atomic mass is 10.1. The quantitative estimate of drug-likeness (QED) is 0.622. The van der Waals surface area contributed by atoms with Crippen molar-refractivity contribution in [3.05, 3.63) is 27.3 Å². The van der Waals surface area contributed by atoms with Crippen LogP contribution < -0.4 is 0 Å². The second-order valence-corrected chi connectivity index (χ2v) is 3.35. The number of ketones is 1. The summed E-state index contributed by atoms with van der Waals surface area (Å²) in [6, 6.07) is 5.11. The molecular formula is C8H7IO2. The molecule has 0 unspecified atom stereocenters. The first-order chi connectivity index (χ1) is 5.13. The van der Waals surface area contributed by atoms with Crippen LogP contribution in [0.15, 0.2) is 18.2 Å². The Morgan fingerprint density at radius 1 is 1.55 bits per heavy atom. The lowest BCUT2D eigenvalue weighted by molar-refractivity contribution is 0.101. The van der Waals surface area contributed by atoms with Gasteiger partial charge in [-0.1, -0.05) is 6.07 Å². The van der Waals surface area contributed by atoms with E-state index in [1.54, 1.807) is 18.2 Å². The maximum Gasteiger partial charge on any atom is 0.163 e. The van der Waals surface area contributed by atoms with Gasteiger partial charge in [-0.3, -0.25) is 4.79 Å². The molecule has 0 heterocycles. The van der Waals surface area contributed by atoms with Crippen molar-refractivity contribution in [1.82, 2.24) is 0 Å². The Morgan fingerprint density at radius 2 is 2.18 bits per heavy atom. The number of carbonyl (C=O) groups is 1. The van der Waals surface area contributed by atoms with Gasteiger partial charge in [0.05, 0.1) is 9.13 Å². The zero-order chi connectivity index (χ0) is 8.43. The Morgan fingerprint density at radius 3 is 2.64 bits per heavy atom. The molecule has 1 rings (SSSR count). The van der Waals surface area contributed by atoms with Crippen molar-refractivity contribution in [2.24, 2.45) is 0 Å². The van der Waals surface area contributed by atoms with Crippen LogP contribution in [0.25, 0.3) is 0 Å². The highest BCUT2D eigenvalue weighted by molar-refractivity contribution is 14.1. The summed E-state index contributed by atoms with van der Waals surface area (Å²) in [6.45, 7) is 1.44. The Balaban J connectivity index is 3.27. The molecule has 0 aliphatic heterocycles. The number of hydrogen-bond acceptors (Lipinski definition) is 2. The van der Waals surface area contributed by atoms with Gasteiger partial charge in [0, 0.05) is 0 Å². The number of para-hydroxylation sites is 1. The number of phenolic OH excluding ortho intramolecular Hbond substituents is 1. The molecule has 3 heteroatoms. The van der Waals surface area contributed by atoms with Crippen molar-refractivity contribution in [2.75, 3.05) is 0 Å². The molecule has 0 saturated carbocycles. The summed E-state index contributed by atoms with van der Waals surface area (Å²) in [6.07, 6.45) is 0. The normalized spacial score (nSPS) is 9.64. The van der Waals surface area contributed by atoms with Crippen LogP contribution in [-0.2, 0) is 0 Å². The maximum absolute atomic E-state index is 10.9. The Labute approximate surface area is 78.4 Å². The van der Waals surface area contributed by atoms with E-state index >= 15 is 0 Å². The van der Waals surface area contributed by atoms with Crippen molar-refractivity contribution in [2.45, 2.75) is 6.92 Å². The van der Waals surface area contributed by atoms with E-state index in [0.717, 1.165) is 0 Å². The van der Waals surface area contributed by atoms with Gasteiger partial charge in [-0.2, -0.15) is 0 Å². The number of carbonyl (C=O) groups excluding carboxylic acids is 1. The first-order valence-electron chi connectivity index (χ1n) is 3.11. The molecule has 11 heavy (non-hydrogen) atoms. The molecule has 0 radical (unpaired) electrons. The molecule has 2 nitrogen and oxygen atoms in total. The average molecular weight is 262 g/mol. The fourth-order valence-corrected chi connectivity index (χ4v) is 1.30. The van der Waals surface area contributed by atoms with Crippen molar-refractivity contribution in [3.8, 4) is 5.75 Å². The van der Waals surface area contributed by atoms with Crippen molar-refractivity contribution in [1.29, 1.82) is 0 Å². The number of hydrogen-bond donors (Lipinski definition) is 1. The first kappa shape index (κ1) is 8.52. The number of phenols is 1. The largest absolute Gasteiger partial charge is 0.506 e. The Kier molecular flexibility index (Phi) is 2.49. The standard InChI is InChI=1S/C8H7IO2/c1-5(10)6-3-2-4-7(9)8(6)11/h2-4,11H,1H3. The summed E-state index contributed by atoms with van der Waals surface area (Å²) in [5.74, 6) is -0.0263. The fourth-order valence-electron chi connectivity index (χ4n) is 0.799. The van der Waals surface area contributed by atoms with Gasteiger partial charge in [0.1, 0.15) is 5.75 Å². The van der Waals surface area contributed by atoms with Crippen LogP contribution in [0.5, 0.6) is 5.75 Å². The summed E-state index contributed by atoms with van der Waals surface area (Å²) in [5, 5.41) is 9.34. The first-order valence-corrected chi connectivity index (χ1v) is 4.19. The number of rotatable bonds is 1. The van der Waals surface area contributed by atoms with Crippen molar-refractivity contribution < 1.29 is 9.90 Å². The summed E-state index contributed by atoms with van der Waals surface area (Å²) in [4.78, 5) is 10.9. The van der Waals surface area contributed by atoms with E-state index in [0.29, 0.717) is 9.13 Å². The number of aromatic hydroxyl groups is 1. The van der Waals surface area contributed by atoms with E-state index in [-0.39, 0.29) is 11.5 Å². The highest BCUT2D eigenvalue weighted by Crippen LogP contribution is 2.23. The second kappa shape index (κ2) is 3.21. The SMILES string of the molecule is CC(=O)c1cccc(I)c1O. The van der Waals surface area contributed by atoms with Crippen molar-refractivity contribution in [3.63, 3.8) is 0 Å². The average Bonchev–Trinajstić information content (AvgIpc) is 1.94. The zero-order valence-electron chi connectivity index (χ0n) is 5.97. The molecule has 0 spiro atoms. The number of halogens is 1. The van der Waals surface area contributed by atoms with Crippen LogP contribution in [0.3, 0.4) is 0 Å². The molecule has 0 aromatic heterocycles. The summed E-state index contributed by atoms with van der Waals surface area (Å²) < 4.78 is 0.704. The van der Waals surface area contributed by atoms with E-state index < -0.39 is 0 Å². The van der Waals surface area contributed by atoms with Crippen LogP contribution in [-0.4, -0.2) is 10.9 Å². The van der Waals surface area contributed by atoms with Gasteiger partial charge in [0.25, 0.3) is 0 Å². The minimum absolute atomic E-state index is 0.0839. The van der Waals surface area contributed by atoms with Gasteiger partial charge in [-0.05, 0) is 41.6 Å². The topological polar surface area (TPSA) is 37.3 Å². The van der Waals surface area contributed by atoms with Crippen LogP contribution in [0.1, 0.15) is 17.3 Å². The molecule has 1 N–H and O–H groups in total. The molecular weight excluding hydrogens is 255 g/mol. The number of benzene rings is 1. The molecule has 0 aliphatic carbocycles. The van der Waals surface area contributed by atoms with Crippen molar-refractivity contribution >= 4 is 28.4 Å². The number of Topliss-reactive ketones (excluding diaryl/α,β-unsaturated/α-hetero) is 1. The van der Waals surface area contributed by atoms with Crippen LogP contribution in [0.2, 0.25) is 0 Å². The molecule has 1 aromatic carbocycles. The van der Waals surface area contributed by atoms with Crippen LogP contribution >= 0.6 is 22.6 Å². The van der Waals surface area contributed by atoms with Crippen LogP contribution in [0.4, 0.5) is 0 Å². The van der Waals surface area contributed by atoms with Crippen LogP contribution in [0, 0.1) is 3.57 Å². The monoisotopic (exact) mass is 262 g/mol. The van der Waals surface area contributed by atoms with Gasteiger partial charge in [0.15, 0.2) is 5.78 Å². The third-order valence-corrected chi connectivity index (χ3v) is 2.24. The van der Waals surface area contributed by atoms with Gasteiger partial charge in [-0.25, -0.2) is 0 Å². The molecule has 0 saturated heterocycles. The minimum Gasteiger partial charge on any atom is -0.506 e. The summed E-state index contributed by atoms with van der Waals surface area (Å²) >= 11 is 1.98. The molecule has 58 valence electrons. The van der Waals surface area contributed by atoms with Gasteiger partial charge in [0.2, 0.25) is 0 Å². The Bertz CT molecular complexity index is 294. The smallest absolute Gasteiger partial charge is 0.163 e. The van der Waals surface area contributed by atoms with Gasteiger partial charge < -0.3 is 5.11 Å². The summed E-state index contributed by atoms with van der Waals surface area (Å²) in [5.41, 5.74) is 0.386. The molecule has 0 fully saturated rings. The van der Waals surface area contributed by atoms with Gasteiger partial charge >= 0.3 is 0 Å². The fraction of sp³-hybridized carbons (Fsp3) is 0.125. The minimum atomic E-state index is -0.110. The van der Waals surface area contributed by atoms with E-state index in [1.165, 1.54) is 6.92 Å². The van der Waals surface area contributed by atoms with E-state index in [9.17, 15) is 9.90 Å². The zero-order valence-corrected chi connectivity index (χ0v) is 8.12. The molecule has 0 bridgehead atoms. The molecule has 0 amide bonds. The lowest BCUT2D eigenvalue weighted by Gasteiger charge is -2.00. The predicted octanol–water partition coefficient (Wildman–Crippen LogP) is 2.20.